The molecule has 1 N–H and O–H groups in total. The van der Waals surface area contributed by atoms with Crippen molar-refractivity contribution in [2.45, 2.75) is 33.1 Å². The first-order valence-corrected chi connectivity index (χ1v) is 8.17. The molecule has 0 aliphatic rings. The van der Waals surface area contributed by atoms with Gasteiger partial charge in [0.25, 0.3) is 0 Å². The average molecular weight is 295 g/mol. The summed E-state index contributed by atoms with van der Waals surface area (Å²) < 4.78 is 1.33. The van der Waals surface area contributed by atoms with Gasteiger partial charge in [0, 0.05) is 21.2 Å². The molecule has 0 unspecified atom stereocenters. The smallest absolute Gasteiger partial charge is 0.0573 e. The van der Waals surface area contributed by atoms with Crippen LogP contribution in [-0.4, -0.2) is 0 Å². The van der Waals surface area contributed by atoms with Crippen molar-refractivity contribution in [1.82, 2.24) is 0 Å². The zero-order valence-corrected chi connectivity index (χ0v) is 13.8. The van der Waals surface area contributed by atoms with Gasteiger partial charge in [0.05, 0.1) is 5.69 Å². The summed E-state index contributed by atoms with van der Waals surface area (Å²) in [6.07, 6.45) is 0. The second-order valence-electron chi connectivity index (χ2n) is 6.60. The van der Waals surface area contributed by atoms with Crippen LogP contribution in [0.1, 0.15) is 31.9 Å². The number of hydrogen-bond donors (Lipinski definition) is 1. The Hall–Kier alpha value is -1.80. The lowest BCUT2D eigenvalue weighted by Gasteiger charge is -2.19. The molecule has 1 nitrogen and oxygen atoms in total. The van der Waals surface area contributed by atoms with Gasteiger partial charge >= 0.3 is 0 Å². The Labute approximate surface area is 130 Å². The second-order valence-corrected chi connectivity index (χ2v) is 7.51. The van der Waals surface area contributed by atoms with Crippen LogP contribution in [0.25, 0.3) is 10.1 Å². The summed E-state index contributed by atoms with van der Waals surface area (Å²) in [6.45, 7) is 8.86. The largest absolute Gasteiger partial charge is 0.354 e. The average Bonchev–Trinajstić information content (AvgIpc) is 2.81. The third-order valence-electron chi connectivity index (χ3n) is 3.76. The molecule has 0 aliphatic carbocycles. The van der Waals surface area contributed by atoms with Crippen LogP contribution >= 0.6 is 11.3 Å². The fraction of sp³-hybridized carbons (Fsp3) is 0.263. The Morgan fingerprint density at radius 1 is 0.952 bits per heavy atom. The highest BCUT2D eigenvalue weighted by Crippen LogP contribution is 2.33. The molecule has 0 saturated heterocycles. The van der Waals surface area contributed by atoms with Crippen molar-refractivity contribution in [3.8, 4) is 0 Å². The molecular formula is C19H21NS. The fourth-order valence-electron chi connectivity index (χ4n) is 2.45. The summed E-state index contributed by atoms with van der Waals surface area (Å²) >= 11 is 1.79. The van der Waals surface area contributed by atoms with Crippen LogP contribution < -0.4 is 5.32 Å². The molecule has 3 aromatic rings. The summed E-state index contributed by atoms with van der Waals surface area (Å²) in [5.74, 6) is 0. The highest BCUT2D eigenvalue weighted by molar-refractivity contribution is 7.17. The van der Waals surface area contributed by atoms with Crippen LogP contribution in [-0.2, 0) is 5.41 Å². The topological polar surface area (TPSA) is 12.0 Å². The van der Waals surface area contributed by atoms with Crippen molar-refractivity contribution >= 4 is 32.8 Å². The van der Waals surface area contributed by atoms with E-state index in [0.29, 0.717) is 0 Å². The molecule has 0 saturated carbocycles. The van der Waals surface area contributed by atoms with Crippen LogP contribution in [0, 0.1) is 6.92 Å². The summed E-state index contributed by atoms with van der Waals surface area (Å²) in [5.41, 5.74) is 5.20. The third-order valence-corrected chi connectivity index (χ3v) is 4.72. The molecule has 21 heavy (non-hydrogen) atoms. The van der Waals surface area contributed by atoms with Crippen LogP contribution in [0.4, 0.5) is 11.4 Å². The van der Waals surface area contributed by atoms with Gasteiger partial charge in [-0.3, -0.25) is 0 Å². The van der Waals surface area contributed by atoms with E-state index >= 15 is 0 Å². The molecule has 1 aromatic heterocycles. The summed E-state index contributed by atoms with van der Waals surface area (Å²) in [4.78, 5) is 0. The summed E-state index contributed by atoms with van der Waals surface area (Å²) in [5, 5.41) is 7.04. The van der Waals surface area contributed by atoms with Gasteiger partial charge in [0.1, 0.15) is 0 Å². The molecule has 108 valence electrons. The Morgan fingerprint density at radius 3 is 2.33 bits per heavy atom. The normalized spacial score (nSPS) is 11.8. The summed E-state index contributed by atoms with van der Waals surface area (Å²) in [7, 11) is 0. The number of rotatable bonds is 2. The first kappa shape index (κ1) is 14.2. The maximum absolute atomic E-state index is 3.54. The van der Waals surface area contributed by atoms with E-state index in [1.54, 1.807) is 11.3 Å². The molecule has 0 amide bonds. The Morgan fingerprint density at radius 2 is 1.67 bits per heavy atom. The van der Waals surface area contributed by atoms with E-state index in [2.05, 4.69) is 80.9 Å². The van der Waals surface area contributed by atoms with E-state index in [4.69, 9.17) is 0 Å². The number of nitrogens with one attached hydrogen (secondary N) is 1. The van der Waals surface area contributed by atoms with Crippen LogP contribution in [0.15, 0.2) is 47.8 Å². The lowest BCUT2D eigenvalue weighted by molar-refractivity contribution is 0.590. The number of benzene rings is 2. The van der Waals surface area contributed by atoms with Gasteiger partial charge in [-0.15, -0.1) is 11.3 Å². The molecule has 2 aromatic carbocycles. The number of thiophene rings is 1. The maximum Gasteiger partial charge on any atom is 0.0573 e. The van der Waals surface area contributed by atoms with E-state index in [1.807, 2.05) is 0 Å². The zero-order valence-electron chi connectivity index (χ0n) is 13.0. The van der Waals surface area contributed by atoms with Gasteiger partial charge in [-0.25, -0.2) is 0 Å². The first-order chi connectivity index (χ1) is 9.93. The van der Waals surface area contributed by atoms with E-state index < -0.39 is 0 Å². The minimum absolute atomic E-state index is 0.199. The predicted molar refractivity (Wildman–Crippen MR) is 95.0 cm³/mol. The van der Waals surface area contributed by atoms with Crippen LogP contribution in [0.3, 0.4) is 0 Å². The van der Waals surface area contributed by atoms with Gasteiger partial charge < -0.3 is 5.32 Å². The third kappa shape index (κ3) is 2.96. The Balaban J connectivity index is 1.90. The van der Waals surface area contributed by atoms with Gasteiger partial charge in [0.15, 0.2) is 0 Å². The lowest BCUT2D eigenvalue weighted by Crippen LogP contribution is -2.10. The Kier molecular flexibility index (Phi) is 3.50. The number of hydrogen-bond acceptors (Lipinski definition) is 2. The summed E-state index contributed by atoms with van der Waals surface area (Å²) in [6, 6.07) is 15.4. The van der Waals surface area contributed by atoms with Gasteiger partial charge in [-0.05, 0) is 42.2 Å². The van der Waals surface area contributed by atoms with E-state index in [0.717, 1.165) is 5.69 Å². The molecule has 0 aliphatic heterocycles. The predicted octanol–water partition coefficient (Wildman–Crippen LogP) is 6.25. The molecular weight excluding hydrogens is 274 g/mol. The van der Waals surface area contributed by atoms with Crippen molar-refractivity contribution in [3.05, 3.63) is 59.0 Å². The molecule has 0 fully saturated rings. The minimum Gasteiger partial charge on any atom is -0.354 e. The number of anilines is 2. The van der Waals surface area contributed by atoms with Gasteiger partial charge in [-0.1, -0.05) is 44.5 Å². The monoisotopic (exact) mass is 295 g/mol. The molecule has 1 heterocycles. The lowest BCUT2D eigenvalue weighted by atomic mass is 9.87. The molecule has 3 rings (SSSR count). The van der Waals surface area contributed by atoms with Crippen molar-refractivity contribution in [2.24, 2.45) is 0 Å². The number of aryl methyl sites for hydroxylation is 1. The molecule has 2 heteroatoms. The Bertz CT molecular complexity index is 760. The number of fused-ring (bicyclic) bond motifs is 1. The maximum atomic E-state index is 3.54. The van der Waals surface area contributed by atoms with Crippen LogP contribution in [0.5, 0.6) is 0 Å². The van der Waals surface area contributed by atoms with Gasteiger partial charge in [0.2, 0.25) is 0 Å². The highest BCUT2D eigenvalue weighted by Gasteiger charge is 2.13. The van der Waals surface area contributed by atoms with Crippen molar-refractivity contribution < 1.29 is 0 Å². The standard InChI is InChI=1S/C19H21NS/c1-13-5-10-18-16(11-13)17(12-21-18)20-15-8-6-14(7-9-15)19(2,3)4/h5-12,20H,1-4H3. The van der Waals surface area contributed by atoms with E-state index in [9.17, 15) is 0 Å². The SMILES string of the molecule is Cc1ccc2scc(Nc3ccc(C(C)(C)C)cc3)c2c1. The van der Waals surface area contributed by atoms with Crippen molar-refractivity contribution in [1.29, 1.82) is 0 Å². The quantitative estimate of drug-likeness (QED) is 0.589. The van der Waals surface area contributed by atoms with Crippen molar-refractivity contribution in [3.63, 3.8) is 0 Å². The van der Waals surface area contributed by atoms with Crippen LogP contribution in [0.2, 0.25) is 0 Å². The minimum atomic E-state index is 0.199. The molecule has 0 spiro atoms. The molecule has 0 radical (unpaired) electrons. The van der Waals surface area contributed by atoms with Crippen molar-refractivity contribution in [2.75, 3.05) is 5.32 Å². The van der Waals surface area contributed by atoms with E-state index in [1.165, 1.54) is 26.9 Å². The first-order valence-electron chi connectivity index (χ1n) is 7.29. The fourth-order valence-corrected chi connectivity index (χ4v) is 3.32. The molecule has 0 bridgehead atoms. The zero-order chi connectivity index (χ0) is 15.0. The van der Waals surface area contributed by atoms with E-state index in [-0.39, 0.29) is 5.41 Å². The second kappa shape index (κ2) is 5.19. The highest BCUT2D eigenvalue weighted by atomic mass is 32.1. The molecule has 0 atom stereocenters. The van der Waals surface area contributed by atoms with Gasteiger partial charge in [-0.2, -0.15) is 0 Å².